The molecule has 0 saturated heterocycles. The number of rotatable bonds is 10. The van der Waals surface area contributed by atoms with Gasteiger partial charge in [0.25, 0.3) is 5.91 Å². The fraction of sp³-hybridized carbons (Fsp3) is 0.273. The molecule has 0 bridgehead atoms. The van der Waals surface area contributed by atoms with Crippen LogP contribution in [0.5, 0.6) is 0 Å². The van der Waals surface area contributed by atoms with Crippen molar-refractivity contribution >= 4 is 11.8 Å². The zero-order chi connectivity index (χ0) is 21.3. The molecule has 0 aliphatic heterocycles. The maximum atomic E-state index is 13.2. The van der Waals surface area contributed by atoms with Gasteiger partial charge >= 0.3 is 0 Å². The molecule has 0 aliphatic rings. The number of hydrogen-bond acceptors (Lipinski definition) is 5. The number of amides is 2. The van der Waals surface area contributed by atoms with Crippen LogP contribution in [0.15, 0.2) is 69.9 Å². The second-order valence-electron chi connectivity index (χ2n) is 6.65. The molecule has 1 aromatic carbocycles. The van der Waals surface area contributed by atoms with E-state index in [-0.39, 0.29) is 50.3 Å². The van der Waals surface area contributed by atoms with E-state index in [1.54, 1.807) is 41.3 Å². The SMILES string of the molecule is COCCN(CC(=O)N(Cc1ccc(F)cc1)Cc1ccco1)C(=O)c1ccco1. The molecule has 158 valence electrons. The van der Waals surface area contributed by atoms with Crippen molar-refractivity contribution in [3.8, 4) is 0 Å². The van der Waals surface area contributed by atoms with Crippen molar-refractivity contribution in [1.29, 1.82) is 0 Å². The normalized spacial score (nSPS) is 10.7. The van der Waals surface area contributed by atoms with Crippen molar-refractivity contribution in [3.63, 3.8) is 0 Å². The first-order valence-electron chi connectivity index (χ1n) is 9.43. The Morgan fingerprint density at radius 2 is 1.70 bits per heavy atom. The molecule has 0 N–H and O–H groups in total. The minimum absolute atomic E-state index is 0.148. The lowest BCUT2D eigenvalue weighted by Crippen LogP contribution is -2.43. The summed E-state index contributed by atoms with van der Waals surface area (Å²) in [6, 6.07) is 12.6. The minimum atomic E-state index is -0.398. The lowest BCUT2D eigenvalue weighted by molar-refractivity contribution is -0.133. The van der Waals surface area contributed by atoms with Crippen LogP contribution in [-0.4, -0.2) is 48.4 Å². The van der Waals surface area contributed by atoms with Gasteiger partial charge in [-0.25, -0.2) is 4.39 Å². The van der Waals surface area contributed by atoms with Crippen molar-refractivity contribution in [2.45, 2.75) is 13.1 Å². The number of carbonyl (C=O) groups excluding carboxylic acids is 2. The van der Waals surface area contributed by atoms with Crippen molar-refractivity contribution in [3.05, 3.63) is 84.0 Å². The average Bonchev–Trinajstić information content (AvgIpc) is 3.46. The highest BCUT2D eigenvalue weighted by Crippen LogP contribution is 2.13. The number of methoxy groups -OCH3 is 1. The van der Waals surface area contributed by atoms with Crippen LogP contribution in [0.25, 0.3) is 0 Å². The van der Waals surface area contributed by atoms with Gasteiger partial charge in [0.2, 0.25) is 5.91 Å². The van der Waals surface area contributed by atoms with E-state index in [1.807, 2.05) is 0 Å². The molecule has 2 aromatic heterocycles. The van der Waals surface area contributed by atoms with Crippen LogP contribution in [0, 0.1) is 5.82 Å². The standard InChI is InChI=1S/C22H23FN2O5/c1-28-13-10-24(22(27)20-5-3-12-30-20)16-21(26)25(15-19-4-2-11-29-19)14-17-6-8-18(23)9-7-17/h2-9,11-12H,10,13-16H2,1H3. The van der Waals surface area contributed by atoms with Crippen molar-refractivity contribution in [2.24, 2.45) is 0 Å². The molecule has 8 heteroatoms. The summed E-state index contributed by atoms with van der Waals surface area (Å²) in [5.41, 5.74) is 0.761. The van der Waals surface area contributed by atoms with Crippen molar-refractivity contribution in [1.82, 2.24) is 9.80 Å². The summed E-state index contributed by atoms with van der Waals surface area (Å²) in [5, 5.41) is 0. The molecule has 3 rings (SSSR count). The topological polar surface area (TPSA) is 76.1 Å². The van der Waals surface area contributed by atoms with E-state index in [0.29, 0.717) is 5.76 Å². The number of carbonyl (C=O) groups is 2. The Morgan fingerprint density at radius 1 is 0.967 bits per heavy atom. The Morgan fingerprint density at radius 3 is 2.33 bits per heavy atom. The Balaban J connectivity index is 1.76. The van der Waals surface area contributed by atoms with Gasteiger partial charge in [0, 0.05) is 20.2 Å². The van der Waals surface area contributed by atoms with E-state index in [1.165, 1.54) is 36.7 Å². The molecule has 0 spiro atoms. The highest BCUT2D eigenvalue weighted by atomic mass is 19.1. The number of halogens is 1. The molecule has 30 heavy (non-hydrogen) atoms. The summed E-state index contributed by atoms with van der Waals surface area (Å²) in [4.78, 5) is 28.8. The molecule has 0 radical (unpaired) electrons. The Labute approximate surface area is 173 Å². The first-order chi connectivity index (χ1) is 14.6. The summed E-state index contributed by atoms with van der Waals surface area (Å²) in [6.45, 7) is 0.802. The molecule has 2 amide bonds. The fourth-order valence-electron chi connectivity index (χ4n) is 2.91. The van der Waals surface area contributed by atoms with Crippen LogP contribution in [0.2, 0.25) is 0 Å². The first kappa shape index (κ1) is 21.3. The lowest BCUT2D eigenvalue weighted by atomic mass is 10.2. The molecule has 0 saturated carbocycles. The van der Waals surface area contributed by atoms with Gasteiger partial charge in [0.1, 0.15) is 18.1 Å². The first-order valence-corrected chi connectivity index (χ1v) is 9.43. The van der Waals surface area contributed by atoms with Gasteiger partial charge < -0.3 is 23.4 Å². The minimum Gasteiger partial charge on any atom is -0.467 e. The lowest BCUT2D eigenvalue weighted by Gasteiger charge is -2.27. The highest BCUT2D eigenvalue weighted by Gasteiger charge is 2.24. The zero-order valence-corrected chi connectivity index (χ0v) is 16.6. The van der Waals surface area contributed by atoms with E-state index in [2.05, 4.69) is 0 Å². The molecule has 0 atom stereocenters. The maximum Gasteiger partial charge on any atom is 0.290 e. The zero-order valence-electron chi connectivity index (χ0n) is 16.6. The largest absolute Gasteiger partial charge is 0.467 e. The van der Waals surface area contributed by atoms with Gasteiger partial charge in [-0.05, 0) is 42.0 Å². The Hall–Kier alpha value is -3.39. The van der Waals surface area contributed by atoms with Gasteiger partial charge in [0.05, 0.1) is 25.7 Å². The van der Waals surface area contributed by atoms with E-state index in [0.717, 1.165) is 5.56 Å². The fourth-order valence-corrected chi connectivity index (χ4v) is 2.91. The van der Waals surface area contributed by atoms with Crippen LogP contribution in [0.4, 0.5) is 4.39 Å². The van der Waals surface area contributed by atoms with Gasteiger partial charge in [-0.15, -0.1) is 0 Å². The van der Waals surface area contributed by atoms with Crippen molar-refractivity contribution in [2.75, 3.05) is 26.8 Å². The van der Waals surface area contributed by atoms with Crippen molar-refractivity contribution < 1.29 is 27.6 Å². The third-order valence-electron chi connectivity index (χ3n) is 4.48. The summed E-state index contributed by atoms with van der Waals surface area (Å²) >= 11 is 0. The Kier molecular flexibility index (Phi) is 7.40. The van der Waals surface area contributed by atoms with Gasteiger partial charge in [-0.3, -0.25) is 9.59 Å². The molecular formula is C22H23FN2O5. The summed E-state index contributed by atoms with van der Waals surface area (Å²) in [6.07, 6.45) is 2.93. The van der Waals surface area contributed by atoms with Crippen LogP contribution in [0.1, 0.15) is 21.9 Å². The summed E-state index contributed by atoms with van der Waals surface area (Å²) in [5.74, 6) is -0.282. The second kappa shape index (κ2) is 10.4. The van der Waals surface area contributed by atoms with Gasteiger partial charge in [0.15, 0.2) is 5.76 Å². The molecule has 2 heterocycles. The molecular weight excluding hydrogens is 391 g/mol. The number of hydrogen-bond donors (Lipinski definition) is 0. The third kappa shape index (κ3) is 5.81. The number of nitrogens with zero attached hydrogens (tertiary/aromatic N) is 2. The molecule has 0 unspecified atom stereocenters. The monoisotopic (exact) mass is 414 g/mol. The van der Waals surface area contributed by atoms with Crippen LogP contribution in [-0.2, 0) is 22.6 Å². The molecule has 0 aliphatic carbocycles. The third-order valence-corrected chi connectivity index (χ3v) is 4.48. The number of furan rings is 2. The van der Waals surface area contributed by atoms with Crippen LogP contribution < -0.4 is 0 Å². The van der Waals surface area contributed by atoms with E-state index in [9.17, 15) is 14.0 Å². The molecule has 3 aromatic rings. The average molecular weight is 414 g/mol. The predicted molar refractivity (Wildman–Crippen MR) is 106 cm³/mol. The van der Waals surface area contributed by atoms with Gasteiger partial charge in [-0.2, -0.15) is 0 Å². The quantitative estimate of drug-likeness (QED) is 0.509. The van der Waals surface area contributed by atoms with Crippen LogP contribution in [0.3, 0.4) is 0 Å². The maximum absolute atomic E-state index is 13.2. The van der Waals surface area contributed by atoms with Gasteiger partial charge in [-0.1, -0.05) is 12.1 Å². The van der Waals surface area contributed by atoms with E-state index in [4.69, 9.17) is 13.6 Å². The Bertz CT molecular complexity index is 923. The highest BCUT2D eigenvalue weighted by molar-refractivity contribution is 5.94. The van der Waals surface area contributed by atoms with Crippen LogP contribution >= 0.6 is 0 Å². The second-order valence-corrected chi connectivity index (χ2v) is 6.65. The smallest absolute Gasteiger partial charge is 0.290 e. The van der Waals surface area contributed by atoms with E-state index < -0.39 is 5.91 Å². The van der Waals surface area contributed by atoms with E-state index >= 15 is 0 Å². The molecule has 0 fully saturated rings. The number of benzene rings is 1. The molecule has 7 nitrogen and oxygen atoms in total. The predicted octanol–water partition coefficient (Wildman–Crippen LogP) is 3.33. The summed E-state index contributed by atoms with van der Waals surface area (Å²) < 4.78 is 28.9. The summed E-state index contributed by atoms with van der Waals surface area (Å²) in [7, 11) is 1.52. The number of ether oxygens (including phenoxy) is 1.